The van der Waals surface area contributed by atoms with Gasteiger partial charge in [-0.2, -0.15) is 5.10 Å². The Bertz CT molecular complexity index is 1510. The highest BCUT2D eigenvalue weighted by Crippen LogP contribution is 2.29. The Morgan fingerprint density at radius 1 is 0.848 bits per heavy atom. The first-order valence-electron chi connectivity index (χ1n) is 10.4. The van der Waals surface area contributed by atoms with Gasteiger partial charge in [-0.3, -0.25) is 4.79 Å². The molecule has 33 heavy (non-hydrogen) atoms. The summed E-state index contributed by atoms with van der Waals surface area (Å²) < 4.78 is 1.80. The van der Waals surface area contributed by atoms with Crippen LogP contribution in [0, 0.1) is 6.92 Å². The lowest BCUT2D eigenvalue weighted by Gasteiger charge is -2.09. The van der Waals surface area contributed by atoms with Gasteiger partial charge in [-0.1, -0.05) is 71.7 Å². The zero-order chi connectivity index (χ0) is 22.9. The van der Waals surface area contributed by atoms with Crippen LogP contribution in [0.15, 0.2) is 91.0 Å². The summed E-state index contributed by atoms with van der Waals surface area (Å²) >= 11 is 12.2. The average molecular weight is 472 g/mol. The molecule has 0 radical (unpaired) electrons. The molecule has 1 aromatic heterocycles. The third-order valence-electron chi connectivity index (χ3n) is 5.41. The highest BCUT2D eigenvalue weighted by molar-refractivity contribution is 6.36. The molecule has 1 amide bonds. The smallest absolute Gasteiger partial charge is 0.276 e. The highest BCUT2D eigenvalue weighted by atomic mass is 35.5. The van der Waals surface area contributed by atoms with Gasteiger partial charge in [0.05, 0.1) is 22.1 Å². The molecule has 0 saturated heterocycles. The average Bonchev–Trinajstić information content (AvgIpc) is 3.26. The number of carbonyl (C=O) groups excluding carboxylic acids is 1. The van der Waals surface area contributed by atoms with Crippen molar-refractivity contribution in [3.8, 4) is 16.9 Å². The van der Waals surface area contributed by atoms with Gasteiger partial charge in [-0.15, -0.1) is 0 Å². The minimum absolute atomic E-state index is 0.283. The first-order chi connectivity index (χ1) is 16.0. The van der Waals surface area contributed by atoms with Gasteiger partial charge >= 0.3 is 0 Å². The van der Waals surface area contributed by atoms with Crippen LogP contribution < -0.4 is 5.32 Å². The lowest BCUT2D eigenvalue weighted by molar-refractivity contribution is 0.102. The number of hydrogen-bond donors (Lipinski definition) is 1. The van der Waals surface area contributed by atoms with Crippen molar-refractivity contribution in [1.29, 1.82) is 0 Å². The third-order valence-corrected chi connectivity index (χ3v) is 5.96. The normalized spacial score (nSPS) is 11.0. The SMILES string of the molecule is Cc1cccc(-n2nc(C(=O)Nc3ccc(Cl)cc3Cl)cc2-c2ccc3ccccc3c2)c1. The van der Waals surface area contributed by atoms with E-state index in [1.165, 1.54) is 0 Å². The summed E-state index contributed by atoms with van der Waals surface area (Å²) in [5, 5.41) is 10.6. The maximum Gasteiger partial charge on any atom is 0.276 e. The molecular formula is C27H19Cl2N3O. The van der Waals surface area contributed by atoms with Crippen LogP contribution in [0.1, 0.15) is 16.1 Å². The number of carbonyl (C=O) groups is 1. The Labute approximate surface area is 201 Å². The summed E-state index contributed by atoms with van der Waals surface area (Å²) in [5.74, 6) is -0.354. The second kappa shape index (κ2) is 8.74. The lowest BCUT2D eigenvalue weighted by atomic mass is 10.0. The minimum Gasteiger partial charge on any atom is -0.319 e. The van der Waals surface area contributed by atoms with Gasteiger partial charge in [0.1, 0.15) is 0 Å². The van der Waals surface area contributed by atoms with E-state index in [4.69, 9.17) is 23.2 Å². The van der Waals surface area contributed by atoms with Crippen molar-refractivity contribution in [2.75, 3.05) is 5.32 Å². The van der Waals surface area contributed by atoms with Gasteiger partial charge in [0.15, 0.2) is 5.69 Å². The fourth-order valence-corrected chi connectivity index (χ4v) is 4.24. The molecule has 0 aliphatic carbocycles. The zero-order valence-corrected chi connectivity index (χ0v) is 19.2. The largest absolute Gasteiger partial charge is 0.319 e. The van der Waals surface area contributed by atoms with Crippen molar-refractivity contribution in [1.82, 2.24) is 9.78 Å². The summed E-state index contributed by atoms with van der Waals surface area (Å²) in [5.41, 5.74) is 4.52. The molecule has 0 saturated carbocycles. The minimum atomic E-state index is -0.354. The van der Waals surface area contributed by atoms with Gasteiger partial charge in [-0.25, -0.2) is 4.68 Å². The number of amides is 1. The van der Waals surface area contributed by atoms with E-state index in [9.17, 15) is 4.79 Å². The van der Waals surface area contributed by atoms with E-state index in [1.54, 1.807) is 28.9 Å². The molecule has 1 N–H and O–H groups in total. The molecule has 0 bridgehead atoms. The van der Waals surface area contributed by atoms with E-state index in [0.29, 0.717) is 15.7 Å². The summed E-state index contributed by atoms with van der Waals surface area (Å²) in [6.45, 7) is 2.03. The molecule has 5 aromatic rings. The van der Waals surface area contributed by atoms with Crippen LogP contribution in [0.5, 0.6) is 0 Å². The fraction of sp³-hybridized carbons (Fsp3) is 0.0370. The van der Waals surface area contributed by atoms with Gasteiger partial charge in [0.25, 0.3) is 5.91 Å². The van der Waals surface area contributed by atoms with Crippen LogP contribution in [0.25, 0.3) is 27.7 Å². The number of aromatic nitrogens is 2. The fourth-order valence-electron chi connectivity index (χ4n) is 3.78. The molecular weight excluding hydrogens is 453 g/mol. The van der Waals surface area contributed by atoms with E-state index in [0.717, 1.165) is 33.3 Å². The second-order valence-corrected chi connectivity index (χ2v) is 8.65. The quantitative estimate of drug-likeness (QED) is 0.293. The number of nitrogens with zero attached hydrogens (tertiary/aromatic N) is 2. The van der Waals surface area contributed by atoms with Crippen molar-refractivity contribution in [2.24, 2.45) is 0 Å². The maximum absolute atomic E-state index is 13.1. The number of anilines is 1. The second-order valence-electron chi connectivity index (χ2n) is 7.81. The zero-order valence-electron chi connectivity index (χ0n) is 17.7. The molecule has 5 rings (SSSR count). The lowest BCUT2D eigenvalue weighted by Crippen LogP contribution is -2.13. The standard InChI is InChI=1S/C27H19Cl2N3O/c1-17-5-4-8-22(13-17)32-26(20-10-9-18-6-2-3-7-19(18)14-20)16-25(31-32)27(33)30-24-12-11-21(28)15-23(24)29/h2-16H,1H3,(H,30,33). The van der Waals surface area contributed by atoms with Crippen molar-refractivity contribution in [2.45, 2.75) is 6.92 Å². The first-order valence-corrected chi connectivity index (χ1v) is 11.2. The van der Waals surface area contributed by atoms with Crippen LogP contribution in [-0.4, -0.2) is 15.7 Å². The number of benzene rings is 4. The molecule has 1 heterocycles. The van der Waals surface area contributed by atoms with Gasteiger partial charge < -0.3 is 5.32 Å². The Morgan fingerprint density at radius 3 is 2.45 bits per heavy atom. The van der Waals surface area contributed by atoms with Gasteiger partial charge in [-0.05, 0) is 65.7 Å². The molecule has 0 spiro atoms. The summed E-state index contributed by atoms with van der Waals surface area (Å²) in [7, 11) is 0. The Morgan fingerprint density at radius 2 is 1.67 bits per heavy atom. The highest BCUT2D eigenvalue weighted by Gasteiger charge is 2.18. The Kier molecular flexibility index (Phi) is 5.63. The number of nitrogens with one attached hydrogen (secondary N) is 1. The van der Waals surface area contributed by atoms with E-state index < -0.39 is 0 Å². The molecule has 162 valence electrons. The van der Waals surface area contributed by atoms with E-state index in [2.05, 4.69) is 34.7 Å². The maximum atomic E-state index is 13.1. The number of fused-ring (bicyclic) bond motifs is 1. The molecule has 6 heteroatoms. The van der Waals surface area contributed by atoms with Crippen LogP contribution >= 0.6 is 23.2 Å². The number of hydrogen-bond acceptors (Lipinski definition) is 2. The van der Waals surface area contributed by atoms with Crippen LogP contribution in [0.2, 0.25) is 10.0 Å². The predicted octanol–water partition coefficient (Wildman–Crippen LogP) is 7.56. The Hall–Kier alpha value is -3.60. The van der Waals surface area contributed by atoms with E-state index >= 15 is 0 Å². The number of aryl methyl sites for hydroxylation is 1. The monoisotopic (exact) mass is 471 g/mol. The molecule has 4 nitrogen and oxygen atoms in total. The first kappa shape index (κ1) is 21.3. The van der Waals surface area contributed by atoms with Crippen molar-refractivity contribution >= 4 is 45.6 Å². The Balaban J connectivity index is 1.60. The molecule has 0 aliphatic heterocycles. The summed E-state index contributed by atoms with van der Waals surface area (Å²) in [6, 6.07) is 29.1. The van der Waals surface area contributed by atoms with E-state index in [1.807, 2.05) is 49.4 Å². The molecule has 0 unspecified atom stereocenters. The molecule has 0 fully saturated rings. The van der Waals surface area contributed by atoms with Crippen LogP contribution in [0.3, 0.4) is 0 Å². The summed E-state index contributed by atoms with van der Waals surface area (Å²) in [6.07, 6.45) is 0. The van der Waals surface area contributed by atoms with Crippen LogP contribution in [0.4, 0.5) is 5.69 Å². The van der Waals surface area contributed by atoms with Crippen molar-refractivity contribution < 1.29 is 4.79 Å². The van der Waals surface area contributed by atoms with Crippen molar-refractivity contribution in [3.05, 3.63) is 112 Å². The van der Waals surface area contributed by atoms with E-state index in [-0.39, 0.29) is 11.6 Å². The molecule has 4 aromatic carbocycles. The summed E-state index contributed by atoms with van der Waals surface area (Å²) in [4.78, 5) is 13.1. The van der Waals surface area contributed by atoms with Crippen molar-refractivity contribution in [3.63, 3.8) is 0 Å². The predicted molar refractivity (Wildman–Crippen MR) is 136 cm³/mol. The number of rotatable bonds is 4. The topological polar surface area (TPSA) is 46.9 Å². The third kappa shape index (κ3) is 4.36. The van der Waals surface area contributed by atoms with Gasteiger partial charge in [0, 0.05) is 10.6 Å². The van der Waals surface area contributed by atoms with Gasteiger partial charge in [0.2, 0.25) is 0 Å². The molecule has 0 aliphatic rings. The van der Waals surface area contributed by atoms with Crippen LogP contribution in [-0.2, 0) is 0 Å². The molecule has 0 atom stereocenters. The number of halogens is 2.